The lowest BCUT2D eigenvalue weighted by Crippen LogP contribution is -2.11. The van der Waals surface area contributed by atoms with Crippen molar-refractivity contribution < 1.29 is 0 Å². The second-order valence-corrected chi connectivity index (χ2v) is 4.65. The molecule has 0 aliphatic heterocycles. The number of hydrogen-bond acceptors (Lipinski definition) is 4. The summed E-state index contributed by atoms with van der Waals surface area (Å²) in [6, 6.07) is 0. The number of hydrogen-bond donors (Lipinski definition) is 2. The normalized spacial score (nSPS) is 19.7. The molecule has 17 heavy (non-hydrogen) atoms. The van der Waals surface area contributed by atoms with Gasteiger partial charge in [0.1, 0.15) is 4.47 Å². The minimum Gasteiger partial charge on any atom is -0.276 e. The number of H-pyrrole nitrogens is 1. The highest BCUT2D eigenvalue weighted by Crippen LogP contribution is 2.17. The summed E-state index contributed by atoms with van der Waals surface area (Å²) in [5.41, 5.74) is 3.11. The van der Waals surface area contributed by atoms with Gasteiger partial charge in [-0.15, -0.1) is 0 Å². The van der Waals surface area contributed by atoms with Gasteiger partial charge in [0.15, 0.2) is 0 Å². The lowest BCUT2D eigenvalue weighted by molar-refractivity contribution is 0.627. The SMILES string of the molecule is O=c1[nH]ncc(NN=CC2CC=CCC2)c1Br. The first-order valence-corrected chi connectivity index (χ1v) is 6.24. The van der Waals surface area contributed by atoms with Gasteiger partial charge >= 0.3 is 0 Å². The summed E-state index contributed by atoms with van der Waals surface area (Å²) in [7, 11) is 0. The van der Waals surface area contributed by atoms with E-state index in [0.29, 0.717) is 16.1 Å². The second kappa shape index (κ2) is 5.77. The standard InChI is InChI=1S/C11H13BrN4O/c12-10-9(7-14-16-11(10)17)15-13-6-8-4-2-1-3-5-8/h1-2,6-8H,3-5H2,(H2,15,16,17). The fourth-order valence-electron chi connectivity index (χ4n) is 1.63. The summed E-state index contributed by atoms with van der Waals surface area (Å²) in [6.07, 6.45) is 11.0. The molecule has 2 N–H and O–H groups in total. The lowest BCUT2D eigenvalue weighted by Gasteiger charge is -2.11. The van der Waals surface area contributed by atoms with E-state index >= 15 is 0 Å². The van der Waals surface area contributed by atoms with E-state index in [4.69, 9.17) is 0 Å². The monoisotopic (exact) mass is 296 g/mol. The van der Waals surface area contributed by atoms with E-state index in [1.807, 2.05) is 6.21 Å². The predicted octanol–water partition coefficient (Wildman–Crippen LogP) is 2.29. The Balaban J connectivity index is 1.97. The van der Waals surface area contributed by atoms with Crippen LogP contribution in [0.4, 0.5) is 5.69 Å². The molecule has 1 aliphatic carbocycles. The van der Waals surface area contributed by atoms with E-state index < -0.39 is 0 Å². The third-order valence-electron chi connectivity index (χ3n) is 2.58. The fourth-order valence-corrected chi connectivity index (χ4v) is 1.91. The summed E-state index contributed by atoms with van der Waals surface area (Å²) >= 11 is 3.18. The van der Waals surface area contributed by atoms with Crippen molar-refractivity contribution >= 4 is 27.8 Å². The topological polar surface area (TPSA) is 70.1 Å². The summed E-state index contributed by atoms with van der Waals surface area (Å²) in [4.78, 5) is 11.2. The number of anilines is 1. The average Bonchev–Trinajstić information content (AvgIpc) is 2.36. The van der Waals surface area contributed by atoms with Gasteiger partial charge in [-0.3, -0.25) is 10.2 Å². The molecule has 1 aliphatic rings. The maximum absolute atomic E-state index is 11.2. The number of hydrazone groups is 1. The molecule has 90 valence electrons. The Labute approximate surface area is 107 Å². The van der Waals surface area contributed by atoms with Crippen molar-refractivity contribution in [2.75, 3.05) is 5.43 Å². The predicted molar refractivity (Wildman–Crippen MR) is 71.2 cm³/mol. The Hall–Kier alpha value is -1.43. The number of allylic oxidation sites excluding steroid dienone is 2. The van der Waals surface area contributed by atoms with Gasteiger partial charge in [0.2, 0.25) is 0 Å². The molecular formula is C11H13BrN4O. The zero-order valence-electron chi connectivity index (χ0n) is 9.19. The molecule has 2 rings (SSSR count). The van der Waals surface area contributed by atoms with E-state index in [1.165, 1.54) is 6.20 Å². The molecule has 5 nitrogen and oxygen atoms in total. The van der Waals surface area contributed by atoms with Crippen LogP contribution in [0.25, 0.3) is 0 Å². The largest absolute Gasteiger partial charge is 0.280 e. The molecule has 0 radical (unpaired) electrons. The molecule has 0 aromatic carbocycles. The van der Waals surface area contributed by atoms with Crippen LogP contribution in [0.5, 0.6) is 0 Å². The average molecular weight is 297 g/mol. The third-order valence-corrected chi connectivity index (χ3v) is 3.36. The fraction of sp³-hybridized carbons (Fsp3) is 0.364. The van der Waals surface area contributed by atoms with Crippen molar-refractivity contribution in [2.24, 2.45) is 11.0 Å². The molecule has 0 fully saturated rings. The number of aromatic nitrogens is 2. The van der Waals surface area contributed by atoms with Crippen LogP contribution in [0.3, 0.4) is 0 Å². The van der Waals surface area contributed by atoms with E-state index in [9.17, 15) is 4.79 Å². The number of halogens is 1. The van der Waals surface area contributed by atoms with Crippen LogP contribution in [0, 0.1) is 5.92 Å². The molecule has 0 bridgehead atoms. The van der Waals surface area contributed by atoms with Gasteiger partial charge in [0.05, 0.1) is 11.9 Å². The first kappa shape index (κ1) is 12.0. The molecule has 1 aromatic heterocycles. The number of rotatable bonds is 3. The first-order valence-electron chi connectivity index (χ1n) is 5.45. The van der Waals surface area contributed by atoms with Gasteiger partial charge in [-0.25, -0.2) is 5.10 Å². The third kappa shape index (κ3) is 3.26. The van der Waals surface area contributed by atoms with Gasteiger partial charge in [-0.05, 0) is 41.1 Å². The van der Waals surface area contributed by atoms with Gasteiger partial charge in [0, 0.05) is 6.21 Å². The van der Waals surface area contributed by atoms with E-state index in [1.54, 1.807) is 0 Å². The van der Waals surface area contributed by atoms with Crippen LogP contribution in [0.2, 0.25) is 0 Å². The highest BCUT2D eigenvalue weighted by atomic mass is 79.9. The minimum absolute atomic E-state index is 0.272. The van der Waals surface area contributed by atoms with Gasteiger partial charge in [0.25, 0.3) is 5.56 Å². The van der Waals surface area contributed by atoms with Crippen LogP contribution in [0.1, 0.15) is 19.3 Å². The van der Waals surface area contributed by atoms with Crippen LogP contribution >= 0.6 is 15.9 Å². The quantitative estimate of drug-likeness (QED) is 0.511. The van der Waals surface area contributed by atoms with E-state index in [-0.39, 0.29) is 5.56 Å². The van der Waals surface area contributed by atoms with Gasteiger partial charge in [-0.2, -0.15) is 10.2 Å². The molecule has 1 unspecified atom stereocenters. The maximum atomic E-state index is 11.2. The summed E-state index contributed by atoms with van der Waals surface area (Å²) in [5, 5.41) is 10.2. The summed E-state index contributed by atoms with van der Waals surface area (Å²) < 4.78 is 0.410. The Morgan fingerprint density at radius 3 is 3.24 bits per heavy atom. The molecule has 0 amide bonds. The van der Waals surface area contributed by atoms with Crippen molar-refractivity contribution in [3.63, 3.8) is 0 Å². The van der Waals surface area contributed by atoms with Crippen molar-refractivity contribution in [1.29, 1.82) is 0 Å². The minimum atomic E-state index is -0.272. The smallest absolute Gasteiger partial charge is 0.276 e. The molecule has 6 heteroatoms. The Bertz CT molecular complexity index is 494. The maximum Gasteiger partial charge on any atom is 0.280 e. The molecule has 0 spiro atoms. The van der Waals surface area contributed by atoms with Crippen LogP contribution in [0.15, 0.2) is 32.7 Å². The van der Waals surface area contributed by atoms with E-state index in [0.717, 1.165) is 19.3 Å². The van der Waals surface area contributed by atoms with Crippen LogP contribution in [-0.2, 0) is 0 Å². The van der Waals surface area contributed by atoms with Crippen LogP contribution in [-0.4, -0.2) is 16.4 Å². The van der Waals surface area contributed by atoms with Crippen LogP contribution < -0.4 is 11.0 Å². The molecular weight excluding hydrogens is 284 g/mol. The first-order chi connectivity index (χ1) is 8.27. The van der Waals surface area contributed by atoms with Crippen molar-refractivity contribution in [2.45, 2.75) is 19.3 Å². The van der Waals surface area contributed by atoms with E-state index in [2.05, 4.69) is 48.8 Å². The second-order valence-electron chi connectivity index (χ2n) is 3.86. The zero-order chi connectivity index (χ0) is 12.1. The summed E-state index contributed by atoms with van der Waals surface area (Å²) in [5.74, 6) is 0.473. The molecule has 1 aromatic rings. The molecule has 1 atom stereocenters. The van der Waals surface area contributed by atoms with Gasteiger partial charge < -0.3 is 0 Å². The Morgan fingerprint density at radius 1 is 1.59 bits per heavy atom. The highest BCUT2D eigenvalue weighted by molar-refractivity contribution is 9.10. The number of aromatic amines is 1. The van der Waals surface area contributed by atoms with Crippen molar-refractivity contribution in [1.82, 2.24) is 10.2 Å². The molecule has 0 saturated carbocycles. The zero-order valence-corrected chi connectivity index (χ0v) is 10.8. The van der Waals surface area contributed by atoms with Crippen molar-refractivity contribution in [3.8, 4) is 0 Å². The number of nitrogens with zero attached hydrogens (tertiary/aromatic N) is 2. The lowest BCUT2D eigenvalue weighted by atomic mass is 9.96. The Morgan fingerprint density at radius 2 is 2.47 bits per heavy atom. The van der Waals surface area contributed by atoms with Crippen molar-refractivity contribution in [3.05, 3.63) is 33.2 Å². The molecule has 1 heterocycles. The highest BCUT2D eigenvalue weighted by Gasteiger charge is 2.07. The van der Waals surface area contributed by atoms with Gasteiger partial charge in [-0.1, -0.05) is 12.2 Å². The Kier molecular flexibility index (Phi) is 4.08. The molecule has 0 saturated heterocycles. The number of nitrogens with one attached hydrogen (secondary N) is 2. The summed E-state index contributed by atoms with van der Waals surface area (Å²) in [6.45, 7) is 0.